The molecule has 0 saturated carbocycles. The lowest BCUT2D eigenvalue weighted by Crippen LogP contribution is -2.33. The van der Waals surface area contributed by atoms with E-state index in [2.05, 4.69) is 4.98 Å². The number of aromatic nitrogens is 2. The van der Waals surface area contributed by atoms with Gasteiger partial charge in [-0.05, 0) is 31.5 Å². The van der Waals surface area contributed by atoms with Crippen LogP contribution in [0.15, 0.2) is 29.4 Å². The molecule has 0 bridgehead atoms. The van der Waals surface area contributed by atoms with Crippen LogP contribution in [-0.4, -0.2) is 41.1 Å². The van der Waals surface area contributed by atoms with Crippen molar-refractivity contribution in [3.05, 3.63) is 47.4 Å². The van der Waals surface area contributed by atoms with Crippen molar-refractivity contribution in [1.82, 2.24) is 13.9 Å². The lowest BCUT2D eigenvalue weighted by atomic mass is 10.1. The second kappa shape index (κ2) is 7.05. The van der Waals surface area contributed by atoms with Crippen molar-refractivity contribution >= 4 is 21.8 Å². The van der Waals surface area contributed by atoms with Gasteiger partial charge in [-0.3, -0.25) is 0 Å². The van der Waals surface area contributed by atoms with Gasteiger partial charge in [0.25, 0.3) is 10.0 Å². The third-order valence-electron chi connectivity index (χ3n) is 4.30. The Balaban J connectivity index is 1.80. The smallest absolute Gasteiger partial charge is 0.262 e. The zero-order valence-corrected chi connectivity index (χ0v) is 15.6. The molecule has 0 unspecified atom stereocenters. The maximum Gasteiger partial charge on any atom is 0.262 e. The number of aryl methyl sites for hydroxylation is 2. The molecule has 3 rings (SSSR count). The number of thioether (sulfide) groups is 1. The molecule has 2 heterocycles. The summed E-state index contributed by atoms with van der Waals surface area (Å²) < 4.78 is 56.0. The van der Waals surface area contributed by atoms with E-state index < -0.39 is 21.7 Å². The summed E-state index contributed by atoms with van der Waals surface area (Å²) in [5, 5.41) is -0.255. The Labute approximate surface area is 150 Å². The second-order valence-electron chi connectivity index (χ2n) is 5.96. The highest BCUT2D eigenvalue weighted by atomic mass is 32.2. The van der Waals surface area contributed by atoms with Crippen molar-refractivity contribution in [1.29, 1.82) is 0 Å². The molecule has 1 saturated heterocycles. The lowest BCUT2D eigenvalue weighted by Gasteiger charge is -2.18. The Morgan fingerprint density at radius 2 is 2.04 bits per heavy atom. The first-order valence-corrected chi connectivity index (χ1v) is 10.3. The summed E-state index contributed by atoms with van der Waals surface area (Å²) in [6, 6.07) is 3.39. The van der Waals surface area contributed by atoms with Gasteiger partial charge in [0.1, 0.15) is 17.5 Å². The quantitative estimate of drug-likeness (QED) is 0.813. The van der Waals surface area contributed by atoms with Gasteiger partial charge in [0.15, 0.2) is 5.03 Å². The highest BCUT2D eigenvalue weighted by molar-refractivity contribution is 7.99. The molecular weight excluding hydrogens is 368 g/mol. The molecule has 0 N–H and O–H groups in total. The maximum atomic E-state index is 14.0. The monoisotopic (exact) mass is 387 g/mol. The van der Waals surface area contributed by atoms with Gasteiger partial charge in [0.05, 0.1) is 0 Å². The first kappa shape index (κ1) is 18.3. The van der Waals surface area contributed by atoms with Gasteiger partial charge in [-0.15, -0.1) is 0 Å². The van der Waals surface area contributed by atoms with Crippen molar-refractivity contribution in [2.75, 3.05) is 18.8 Å². The molecule has 0 aliphatic carbocycles. The topological polar surface area (TPSA) is 55.2 Å². The summed E-state index contributed by atoms with van der Waals surface area (Å²) >= 11 is 1.45. The Hall–Kier alpha value is -1.45. The van der Waals surface area contributed by atoms with E-state index in [0.717, 1.165) is 12.1 Å². The van der Waals surface area contributed by atoms with Crippen molar-refractivity contribution in [2.24, 2.45) is 7.05 Å². The highest BCUT2D eigenvalue weighted by Gasteiger charge is 2.31. The van der Waals surface area contributed by atoms with Gasteiger partial charge in [-0.25, -0.2) is 22.2 Å². The molecule has 0 radical (unpaired) electrons. The Bertz CT molecular complexity index is 864. The maximum absolute atomic E-state index is 14.0. The molecular formula is C16H19F2N3O2S2. The summed E-state index contributed by atoms with van der Waals surface area (Å²) in [6.07, 6.45) is 1.91. The first-order chi connectivity index (χ1) is 11.8. The molecule has 1 aliphatic heterocycles. The van der Waals surface area contributed by atoms with Gasteiger partial charge in [-0.1, -0.05) is 0 Å². The van der Waals surface area contributed by atoms with E-state index in [1.54, 1.807) is 18.5 Å². The van der Waals surface area contributed by atoms with Crippen LogP contribution < -0.4 is 0 Å². The first-order valence-electron chi connectivity index (χ1n) is 7.85. The molecule has 0 spiro atoms. The van der Waals surface area contributed by atoms with E-state index in [4.69, 9.17) is 0 Å². The molecule has 2 aromatic rings. The summed E-state index contributed by atoms with van der Waals surface area (Å²) in [5.41, 5.74) is 0.290. The Morgan fingerprint density at radius 1 is 1.28 bits per heavy atom. The second-order valence-corrected chi connectivity index (χ2v) is 9.15. The van der Waals surface area contributed by atoms with Crippen LogP contribution in [0.4, 0.5) is 8.78 Å². The number of halogens is 2. The van der Waals surface area contributed by atoms with Crippen molar-refractivity contribution in [2.45, 2.75) is 23.6 Å². The molecule has 1 aliphatic rings. The normalized spacial score (nSPS) is 19.8. The van der Waals surface area contributed by atoms with Crippen LogP contribution in [0.25, 0.3) is 0 Å². The van der Waals surface area contributed by atoms with Crippen LogP contribution in [0, 0.1) is 18.6 Å². The third kappa shape index (κ3) is 3.73. The van der Waals surface area contributed by atoms with Crippen LogP contribution in [0.5, 0.6) is 0 Å². The fourth-order valence-corrected chi connectivity index (χ4v) is 5.62. The minimum atomic E-state index is -3.69. The predicted molar refractivity (Wildman–Crippen MR) is 92.9 cm³/mol. The van der Waals surface area contributed by atoms with E-state index in [9.17, 15) is 17.2 Å². The number of nitrogens with zero attached hydrogens (tertiary/aromatic N) is 3. The Morgan fingerprint density at radius 3 is 2.72 bits per heavy atom. The van der Waals surface area contributed by atoms with Gasteiger partial charge in [0, 0.05) is 42.9 Å². The molecule has 1 aromatic carbocycles. The average Bonchev–Trinajstić information content (AvgIpc) is 2.77. The molecule has 1 fully saturated rings. The highest BCUT2D eigenvalue weighted by Crippen LogP contribution is 2.37. The van der Waals surface area contributed by atoms with Crippen LogP contribution in [-0.2, 0) is 17.1 Å². The minimum Gasteiger partial charge on any atom is -0.337 e. The number of benzene rings is 1. The van der Waals surface area contributed by atoms with E-state index >= 15 is 0 Å². The Kier molecular flexibility index (Phi) is 5.17. The predicted octanol–water partition coefficient (Wildman–Crippen LogP) is 2.88. The summed E-state index contributed by atoms with van der Waals surface area (Å²) in [7, 11) is -1.95. The summed E-state index contributed by atoms with van der Waals surface area (Å²) in [5.74, 6) is 0.166. The van der Waals surface area contributed by atoms with Gasteiger partial charge < -0.3 is 4.57 Å². The van der Waals surface area contributed by atoms with E-state index in [-0.39, 0.29) is 22.4 Å². The number of hydrogen-bond donors (Lipinski definition) is 0. The van der Waals surface area contributed by atoms with Gasteiger partial charge in [-0.2, -0.15) is 16.1 Å². The molecule has 136 valence electrons. The van der Waals surface area contributed by atoms with Crippen LogP contribution in [0.2, 0.25) is 0 Å². The number of hydrogen-bond acceptors (Lipinski definition) is 4. The average molecular weight is 387 g/mol. The van der Waals surface area contributed by atoms with E-state index in [1.807, 2.05) is 0 Å². The van der Waals surface area contributed by atoms with E-state index in [1.165, 1.54) is 28.3 Å². The third-order valence-corrected chi connectivity index (χ3v) is 7.38. The fourth-order valence-electron chi connectivity index (χ4n) is 2.78. The van der Waals surface area contributed by atoms with Crippen molar-refractivity contribution in [3.8, 4) is 0 Å². The van der Waals surface area contributed by atoms with Crippen molar-refractivity contribution in [3.63, 3.8) is 0 Å². The molecule has 1 aromatic heterocycles. The number of rotatable bonds is 3. The largest absolute Gasteiger partial charge is 0.337 e. The van der Waals surface area contributed by atoms with Gasteiger partial charge >= 0.3 is 0 Å². The zero-order valence-electron chi connectivity index (χ0n) is 13.9. The SMILES string of the molecule is Cc1nc(S(=O)(=O)N2CCS[C@@H](c3cc(F)ccc3F)CC2)cn1C. The molecule has 9 heteroatoms. The summed E-state index contributed by atoms with van der Waals surface area (Å²) in [6.45, 7) is 2.29. The standard InChI is InChI=1S/C16H19F2N3O2S2/c1-11-19-16(10-20(11)2)25(22,23)21-6-5-15(24-8-7-21)13-9-12(17)3-4-14(13)18/h3-4,9-10,15H,5-8H2,1-2H3/t15-/m1/s1. The number of imidazole rings is 1. The number of sulfonamides is 1. The van der Waals surface area contributed by atoms with Crippen LogP contribution >= 0.6 is 11.8 Å². The zero-order chi connectivity index (χ0) is 18.2. The van der Waals surface area contributed by atoms with E-state index in [0.29, 0.717) is 24.5 Å². The minimum absolute atomic E-state index is 0.0212. The van der Waals surface area contributed by atoms with Crippen LogP contribution in [0.1, 0.15) is 23.1 Å². The summed E-state index contributed by atoms with van der Waals surface area (Å²) in [4.78, 5) is 4.11. The molecule has 0 amide bonds. The fraction of sp³-hybridized carbons (Fsp3) is 0.438. The van der Waals surface area contributed by atoms with Gasteiger partial charge in [0.2, 0.25) is 0 Å². The molecule has 5 nitrogen and oxygen atoms in total. The van der Waals surface area contributed by atoms with Crippen LogP contribution in [0.3, 0.4) is 0 Å². The van der Waals surface area contributed by atoms with Crippen molar-refractivity contribution < 1.29 is 17.2 Å². The lowest BCUT2D eigenvalue weighted by molar-refractivity contribution is 0.424. The molecule has 1 atom stereocenters. The molecule has 25 heavy (non-hydrogen) atoms.